The Balaban J connectivity index is 2.07. The van der Waals surface area contributed by atoms with Gasteiger partial charge in [0, 0.05) is 10.9 Å². The van der Waals surface area contributed by atoms with Gasteiger partial charge in [-0.2, -0.15) is 0 Å². The van der Waals surface area contributed by atoms with E-state index in [2.05, 4.69) is 18.1 Å². The normalized spacial score (nSPS) is 10.7. The zero-order chi connectivity index (χ0) is 19.4. The minimum Gasteiger partial charge on any atom is -0.247 e. The highest BCUT2D eigenvalue weighted by atomic mass is 32.1. The fraction of sp³-hybridized carbons (Fsp3) is 0.158. The highest BCUT2D eigenvalue weighted by Gasteiger charge is 2.15. The SMILES string of the molecule is C=CCn1c(=O)n(CC=C)c(=O)n(Cc2csc(-c3ccccc3)n2)c1=O. The van der Waals surface area contributed by atoms with Crippen LogP contribution in [-0.4, -0.2) is 18.7 Å². The fourth-order valence-electron chi connectivity index (χ4n) is 2.64. The molecule has 138 valence electrons. The van der Waals surface area contributed by atoms with E-state index in [1.54, 1.807) is 5.38 Å². The van der Waals surface area contributed by atoms with Crippen molar-refractivity contribution in [1.29, 1.82) is 0 Å². The Hall–Kier alpha value is -3.26. The van der Waals surface area contributed by atoms with E-state index in [1.165, 1.54) is 23.5 Å². The molecule has 0 bridgehead atoms. The van der Waals surface area contributed by atoms with Crippen molar-refractivity contribution in [3.05, 3.63) is 98.2 Å². The quantitative estimate of drug-likeness (QED) is 0.583. The van der Waals surface area contributed by atoms with Crippen molar-refractivity contribution in [2.45, 2.75) is 19.6 Å². The van der Waals surface area contributed by atoms with Crippen LogP contribution in [0, 0.1) is 0 Å². The third-order valence-electron chi connectivity index (χ3n) is 3.90. The van der Waals surface area contributed by atoms with E-state index in [0.29, 0.717) is 5.69 Å². The molecule has 7 nitrogen and oxygen atoms in total. The molecule has 1 aromatic carbocycles. The van der Waals surface area contributed by atoms with Crippen LogP contribution in [0.1, 0.15) is 5.69 Å². The Bertz CT molecular complexity index is 1100. The van der Waals surface area contributed by atoms with Crippen molar-refractivity contribution in [2.75, 3.05) is 0 Å². The predicted octanol–water partition coefficient (Wildman–Crippen LogP) is 1.72. The Labute approximate surface area is 158 Å². The lowest BCUT2D eigenvalue weighted by atomic mass is 10.2. The topological polar surface area (TPSA) is 78.9 Å². The maximum absolute atomic E-state index is 12.7. The number of aromatic nitrogens is 4. The van der Waals surface area contributed by atoms with Gasteiger partial charge in [-0.25, -0.2) is 33.1 Å². The zero-order valence-electron chi connectivity index (χ0n) is 14.6. The number of allylic oxidation sites excluding steroid dienone is 2. The standard InChI is InChI=1S/C19H18N4O3S/c1-3-10-21-17(24)22(11-4-2)19(26)23(18(21)25)12-15-13-27-16(20-15)14-8-6-5-7-9-14/h3-9,13H,1-2,10-12H2. The summed E-state index contributed by atoms with van der Waals surface area (Å²) < 4.78 is 2.96. The molecule has 3 rings (SSSR count). The second kappa shape index (κ2) is 7.96. The molecule has 0 fully saturated rings. The van der Waals surface area contributed by atoms with Gasteiger partial charge in [-0.05, 0) is 0 Å². The lowest BCUT2D eigenvalue weighted by Gasteiger charge is -2.11. The van der Waals surface area contributed by atoms with Crippen LogP contribution in [-0.2, 0) is 19.6 Å². The predicted molar refractivity (Wildman–Crippen MR) is 106 cm³/mol. The summed E-state index contributed by atoms with van der Waals surface area (Å²) in [4.78, 5) is 42.2. The van der Waals surface area contributed by atoms with E-state index < -0.39 is 17.1 Å². The van der Waals surface area contributed by atoms with Gasteiger partial charge < -0.3 is 0 Å². The second-order valence-corrected chi connectivity index (χ2v) is 6.60. The van der Waals surface area contributed by atoms with Crippen LogP contribution < -0.4 is 17.1 Å². The van der Waals surface area contributed by atoms with E-state index in [0.717, 1.165) is 24.3 Å². The molecule has 0 atom stereocenters. The van der Waals surface area contributed by atoms with Crippen LogP contribution in [0.15, 0.2) is 75.4 Å². The molecule has 3 aromatic rings. The molecule has 0 spiro atoms. The Morgan fingerprint density at radius 3 is 2.00 bits per heavy atom. The minimum atomic E-state index is -0.681. The van der Waals surface area contributed by atoms with Crippen molar-refractivity contribution in [2.24, 2.45) is 0 Å². The maximum Gasteiger partial charge on any atom is 0.336 e. The third kappa shape index (κ3) is 3.65. The van der Waals surface area contributed by atoms with Crippen LogP contribution in [0.2, 0.25) is 0 Å². The highest BCUT2D eigenvalue weighted by Crippen LogP contribution is 2.23. The Morgan fingerprint density at radius 1 is 0.889 bits per heavy atom. The molecular weight excluding hydrogens is 364 g/mol. The van der Waals surface area contributed by atoms with Crippen LogP contribution in [0.25, 0.3) is 10.6 Å². The largest absolute Gasteiger partial charge is 0.336 e. The van der Waals surface area contributed by atoms with Crippen molar-refractivity contribution in [3.8, 4) is 10.6 Å². The average Bonchev–Trinajstić information content (AvgIpc) is 3.15. The first kappa shape index (κ1) is 18.5. The lowest BCUT2D eigenvalue weighted by Crippen LogP contribution is -2.54. The van der Waals surface area contributed by atoms with Crippen molar-refractivity contribution < 1.29 is 0 Å². The Morgan fingerprint density at radius 2 is 1.44 bits per heavy atom. The molecule has 0 radical (unpaired) electrons. The maximum atomic E-state index is 12.7. The van der Waals surface area contributed by atoms with E-state index in [4.69, 9.17) is 0 Å². The molecule has 0 amide bonds. The van der Waals surface area contributed by atoms with Gasteiger partial charge in [0.15, 0.2) is 0 Å². The molecule has 2 aromatic heterocycles. The van der Waals surface area contributed by atoms with Gasteiger partial charge in [0.25, 0.3) is 0 Å². The van der Waals surface area contributed by atoms with Crippen LogP contribution in [0.3, 0.4) is 0 Å². The third-order valence-corrected chi connectivity index (χ3v) is 4.84. The van der Waals surface area contributed by atoms with Crippen molar-refractivity contribution >= 4 is 11.3 Å². The average molecular weight is 382 g/mol. The number of benzene rings is 1. The van der Waals surface area contributed by atoms with E-state index >= 15 is 0 Å². The van der Waals surface area contributed by atoms with Gasteiger partial charge in [0.05, 0.1) is 25.3 Å². The van der Waals surface area contributed by atoms with E-state index in [9.17, 15) is 14.4 Å². The van der Waals surface area contributed by atoms with Crippen LogP contribution in [0.4, 0.5) is 0 Å². The molecule has 0 aliphatic heterocycles. The molecule has 0 aliphatic rings. The summed E-state index contributed by atoms with van der Waals surface area (Å²) in [5, 5.41) is 2.60. The molecule has 0 unspecified atom stereocenters. The Kier molecular flexibility index (Phi) is 5.46. The summed E-state index contributed by atoms with van der Waals surface area (Å²) >= 11 is 1.43. The van der Waals surface area contributed by atoms with Gasteiger partial charge >= 0.3 is 17.1 Å². The number of hydrogen-bond acceptors (Lipinski definition) is 5. The molecule has 0 saturated carbocycles. The summed E-state index contributed by atoms with van der Waals surface area (Å²) in [5.41, 5.74) is -0.503. The summed E-state index contributed by atoms with van der Waals surface area (Å²) in [7, 11) is 0. The fourth-order valence-corrected chi connectivity index (χ4v) is 3.46. The summed E-state index contributed by atoms with van der Waals surface area (Å²) in [6, 6.07) is 9.63. The lowest BCUT2D eigenvalue weighted by molar-refractivity contribution is 0.496. The summed E-state index contributed by atoms with van der Waals surface area (Å²) in [6.07, 6.45) is 2.87. The zero-order valence-corrected chi connectivity index (χ0v) is 15.4. The molecule has 0 saturated heterocycles. The molecule has 2 heterocycles. The van der Waals surface area contributed by atoms with E-state index in [-0.39, 0.29) is 19.6 Å². The van der Waals surface area contributed by atoms with Gasteiger partial charge in [0.2, 0.25) is 0 Å². The van der Waals surface area contributed by atoms with E-state index in [1.807, 2.05) is 30.3 Å². The first-order chi connectivity index (χ1) is 13.1. The number of hydrogen-bond donors (Lipinski definition) is 0. The van der Waals surface area contributed by atoms with Crippen molar-refractivity contribution in [3.63, 3.8) is 0 Å². The summed E-state index contributed by atoms with van der Waals surface area (Å²) in [5.74, 6) is 0. The summed E-state index contributed by atoms with van der Waals surface area (Å²) in [6.45, 7) is 7.13. The monoisotopic (exact) mass is 382 g/mol. The van der Waals surface area contributed by atoms with Gasteiger partial charge in [0.1, 0.15) is 5.01 Å². The smallest absolute Gasteiger partial charge is 0.247 e. The minimum absolute atomic E-state index is 0.0153. The molecular formula is C19H18N4O3S. The first-order valence-corrected chi connectivity index (χ1v) is 9.11. The number of thiazole rings is 1. The molecule has 8 heteroatoms. The van der Waals surface area contributed by atoms with Crippen LogP contribution in [0.5, 0.6) is 0 Å². The number of rotatable bonds is 7. The second-order valence-electron chi connectivity index (χ2n) is 5.74. The first-order valence-electron chi connectivity index (χ1n) is 8.23. The van der Waals surface area contributed by atoms with Gasteiger partial charge in [-0.3, -0.25) is 0 Å². The number of nitrogens with zero attached hydrogens (tertiary/aromatic N) is 4. The molecule has 0 aliphatic carbocycles. The van der Waals surface area contributed by atoms with Gasteiger partial charge in [-0.15, -0.1) is 24.5 Å². The van der Waals surface area contributed by atoms with Gasteiger partial charge in [-0.1, -0.05) is 42.5 Å². The van der Waals surface area contributed by atoms with Crippen molar-refractivity contribution in [1.82, 2.24) is 18.7 Å². The highest BCUT2D eigenvalue weighted by molar-refractivity contribution is 7.13. The molecule has 0 N–H and O–H groups in total. The molecule has 27 heavy (non-hydrogen) atoms. The van der Waals surface area contributed by atoms with Crippen LogP contribution >= 0.6 is 11.3 Å².